The van der Waals surface area contributed by atoms with E-state index in [1.165, 1.54) is 0 Å². The summed E-state index contributed by atoms with van der Waals surface area (Å²) in [4.78, 5) is 14.9. The molecule has 0 aliphatic carbocycles. The summed E-state index contributed by atoms with van der Waals surface area (Å²) < 4.78 is 5.69. The zero-order chi connectivity index (χ0) is 17.1. The highest BCUT2D eigenvalue weighted by Crippen LogP contribution is 2.38. The van der Waals surface area contributed by atoms with Crippen molar-refractivity contribution in [1.29, 1.82) is 0 Å². The number of nitrogens with zero attached hydrogens (tertiary/aromatic N) is 1. The molecule has 3 rings (SSSR count). The number of para-hydroxylation sites is 2. The van der Waals surface area contributed by atoms with Gasteiger partial charge < -0.3 is 9.64 Å². The van der Waals surface area contributed by atoms with Gasteiger partial charge in [0.1, 0.15) is 5.75 Å². The Bertz CT molecular complexity index is 777. The smallest absolute Gasteiger partial charge is 0.259 e. The largest absolute Gasteiger partial charge is 0.493 e. The van der Waals surface area contributed by atoms with E-state index < -0.39 is 0 Å². The van der Waals surface area contributed by atoms with Gasteiger partial charge in [0.05, 0.1) is 12.3 Å². The molecule has 1 heterocycles. The normalized spacial score (nSPS) is 15.2. The molecule has 2 aromatic carbocycles. The minimum atomic E-state index is 0.0659. The van der Waals surface area contributed by atoms with Crippen molar-refractivity contribution in [2.75, 3.05) is 18.1 Å². The molecule has 0 saturated carbocycles. The molecule has 24 heavy (non-hydrogen) atoms. The topological polar surface area (TPSA) is 29.5 Å². The van der Waals surface area contributed by atoms with E-state index in [9.17, 15) is 4.79 Å². The van der Waals surface area contributed by atoms with Crippen LogP contribution in [-0.2, 0) is 4.79 Å². The summed E-state index contributed by atoms with van der Waals surface area (Å²) in [5, 5.41) is 0. The second kappa shape index (κ2) is 6.91. The number of amides is 1. The van der Waals surface area contributed by atoms with Gasteiger partial charge in [-0.2, -0.15) is 0 Å². The highest BCUT2D eigenvalue weighted by Gasteiger charge is 2.32. The molecule has 3 heteroatoms. The van der Waals surface area contributed by atoms with E-state index in [2.05, 4.69) is 13.8 Å². The van der Waals surface area contributed by atoms with Crippen LogP contribution in [0.25, 0.3) is 11.6 Å². The number of hydrogen-bond donors (Lipinski definition) is 0. The van der Waals surface area contributed by atoms with Crippen LogP contribution in [0.3, 0.4) is 0 Å². The third kappa shape index (κ3) is 3.07. The van der Waals surface area contributed by atoms with E-state index in [0.29, 0.717) is 12.5 Å². The number of carbonyl (C=O) groups excluding carboxylic acids is 1. The van der Waals surface area contributed by atoms with Crippen LogP contribution in [0.1, 0.15) is 31.9 Å². The van der Waals surface area contributed by atoms with Gasteiger partial charge in [-0.15, -0.1) is 0 Å². The molecule has 2 aromatic rings. The Morgan fingerprint density at radius 1 is 1.08 bits per heavy atom. The highest BCUT2D eigenvalue weighted by atomic mass is 16.5. The molecule has 0 fully saturated rings. The highest BCUT2D eigenvalue weighted by molar-refractivity contribution is 6.35. The van der Waals surface area contributed by atoms with Crippen molar-refractivity contribution < 1.29 is 9.53 Å². The molecule has 0 bridgehead atoms. The summed E-state index contributed by atoms with van der Waals surface area (Å²) in [7, 11) is 0. The third-order valence-corrected chi connectivity index (χ3v) is 4.03. The van der Waals surface area contributed by atoms with Gasteiger partial charge in [0.25, 0.3) is 5.91 Å². The van der Waals surface area contributed by atoms with Crippen molar-refractivity contribution in [3.05, 3.63) is 59.7 Å². The maximum atomic E-state index is 13.0. The molecule has 0 aromatic heterocycles. The lowest BCUT2D eigenvalue weighted by Crippen LogP contribution is -2.30. The molecule has 0 spiro atoms. The summed E-state index contributed by atoms with van der Waals surface area (Å²) >= 11 is 0. The average molecular weight is 321 g/mol. The Balaban J connectivity index is 2.07. The van der Waals surface area contributed by atoms with E-state index >= 15 is 0 Å². The van der Waals surface area contributed by atoms with Crippen LogP contribution in [0.5, 0.6) is 5.75 Å². The van der Waals surface area contributed by atoms with Gasteiger partial charge in [-0.3, -0.25) is 4.79 Å². The fourth-order valence-electron chi connectivity index (χ4n) is 3.03. The van der Waals surface area contributed by atoms with Crippen LogP contribution in [0.15, 0.2) is 48.5 Å². The lowest BCUT2D eigenvalue weighted by Gasteiger charge is -2.19. The Kier molecular flexibility index (Phi) is 4.70. The zero-order valence-electron chi connectivity index (χ0n) is 14.5. The van der Waals surface area contributed by atoms with Crippen LogP contribution in [-0.4, -0.2) is 19.1 Å². The molecule has 0 atom stereocenters. The number of rotatable bonds is 5. The predicted molar refractivity (Wildman–Crippen MR) is 99.1 cm³/mol. The van der Waals surface area contributed by atoms with Gasteiger partial charge in [-0.1, -0.05) is 50.2 Å². The van der Waals surface area contributed by atoms with E-state index in [1.807, 2.05) is 66.4 Å². The standard InChI is InChI=1S/C21H23NO2/c1-4-24-20-12-8-5-9-16(20)13-18-17-10-6-7-11-19(17)22(21(18)23)14-15(2)3/h5-13,15H,4,14H2,1-3H3/b18-13-. The minimum absolute atomic E-state index is 0.0659. The Hall–Kier alpha value is -2.55. The molecule has 0 unspecified atom stereocenters. The lowest BCUT2D eigenvalue weighted by molar-refractivity contribution is -0.113. The lowest BCUT2D eigenvalue weighted by atomic mass is 10.0. The Morgan fingerprint density at radius 3 is 2.54 bits per heavy atom. The van der Waals surface area contributed by atoms with Crippen molar-refractivity contribution >= 4 is 23.2 Å². The van der Waals surface area contributed by atoms with E-state index in [4.69, 9.17) is 4.74 Å². The summed E-state index contributed by atoms with van der Waals surface area (Å²) in [6.07, 6.45) is 1.95. The molecule has 1 aliphatic rings. The van der Waals surface area contributed by atoms with Crippen molar-refractivity contribution in [3.8, 4) is 5.75 Å². The van der Waals surface area contributed by atoms with Crippen LogP contribution < -0.4 is 9.64 Å². The molecule has 124 valence electrons. The second-order valence-electron chi connectivity index (χ2n) is 6.36. The molecule has 0 radical (unpaired) electrons. The fourth-order valence-corrected chi connectivity index (χ4v) is 3.03. The van der Waals surface area contributed by atoms with E-state index in [-0.39, 0.29) is 5.91 Å². The molecule has 0 N–H and O–H groups in total. The molecule has 3 nitrogen and oxygen atoms in total. The first-order chi connectivity index (χ1) is 11.6. The third-order valence-electron chi connectivity index (χ3n) is 4.03. The van der Waals surface area contributed by atoms with Crippen molar-refractivity contribution in [2.45, 2.75) is 20.8 Å². The monoisotopic (exact) mass is 321 g/mol. The SMILES string of the molecule is CCOc1ccccc1/C=C1\C(=O)N(CC(C)C)c2ccccc21. The van der Waals surface area contributed by atoms with Crippen LogP contribution in [0.4, 0.5) is 5.69 Å². The van der Waals surface area contributed by atoms with Gasteiger partial charge in [0.2, 0.25) is 0 Å². The summed E-state index contributed by atoms with van der Waals surface area (Å²) in [5.41, 5.74) is 3.66. The van der Waals surface area contributed by atoms with Crippen LogP contribution in [0, 0.1) is 5.92 Å². The Morgan fingerprint density at radius 2 is 1.79 bits per heavy atom. The summed E-state index contributed by atoms with van der Waals surface area (Å²) in [6, 6.07) is 15.8. The van der Waals surface area contributed by atoms with Gasteiger partial charge >= 0.3 is 0 Å². The Labute approximate surface area is 143 Å². The van der Waals surface area contributed by atoms with Crippen molar-refractivity contribution in [1.82, 2.24) is 0 Å². The summed E-state index contributed by atoms with van der Waals surface area (Å²) in [5.74, 6) is 1.29. The number of carbonyl (C=O) groups is 1. The fraction of sp³-hybridized carbons (Fsp3) is 0.286. The first kappa shape index (κ1) is 16.3. The molecule has 1 amide bonds. The first-order valence-electron chi connectivity index (χ1n) is 8.46. The quantitative estimate of drug-likeness (QED) is 0.752. The van der Waals surface area contributed by atoms with Crippen LogP contribution >= 0.6 is 0 Å². The van der Waals surface area contributed by atoms with Gasteiger partial charge in [-0.05, 0) is 31.1 Å². The predicted octanol–water partition coefficient (Wildman–Crippen LogP) is 4.63. The molecular formula is C21H23NO2. The van der Waals surface area contributed by atoms with Crippen molar-refractivity contribution in [2.24, 2.45) is 5.92 Å². The van der Waals surface area contributed by atoms with E-state index in [1.54, 1.807) is 0 Å². The molecular weight excluding hydrogens is 298 g/mol. The van der Waals surface area contributed by atoms with E-state index in [0.717, 1.165) is 34.7 Å². The minimum Gasteiger partial charge on any atom is -0.493 e. The molecule has 0 saturated heterocycles. The maximum Gasteiger partial charge on any atom is 0.259 e. The average Bonchev–Trinajstić information content (AvgIpc) is 2.82. The number of ether oxygens (including phenoxy) is 1. The van der Waals surface area contributed by atoms with Gasteiger partial charge in [0, 0.05) is 23.2 Å². The second-order valence-corrected chi connectivity index (χ2v) is 6.36. The summed E-state index contributed by atoms with van der Waals surface area (Å²) in [6.45, 7) is 7.54. The number of hydrogen-bond acceptors (Lipinski definition) is 2. The van der Waals surface area contributed by atoms with Gasteiger partial charge in [0.15, 0.2) is 0 Å². The first-order valence-corrected chi connectivity index (χ1v) is 8.46. The van der Waals surface area contributed by atoms with Crippen molar-refractivity contribution in [3.63, 3.8) is 0 Å². The van der Waals surface area contributed by atoms with Crippen LogP contribution in [0.2, 0.25) is 0 Å². The number of benzene rings is 2. The number of anilines is 1. The van der Waals surface area contributed by atoms with Gasteiger partial charge in [-0.25, -0.2) is 0 Å². The maximum absolute atomic E-state index is 13.0. The zero-order valence-corrected chi connectivity index (χ0v) is 14.5. The number of fused-ring (bicyclic) bond motifs is 1. The molecule has 1 aliphatic heterocycles.